The number of carbonyl (C=O) groups is 1. The van der Waals surface area contributed by atoms with Gasteiger partial charge in [0.05, 0.1) is 22.0 Å². The molecule has 0 spiro atoms. The number of aromatic nitrogens is 2. The molecule has 0 saturated carbocycles. The van der Waals surface area contributed by atoms with E-state index >= 15 is 0 Å². The molecule has 0 amide bonds. The molecule has 0 atom stereocenters. The monoisotopic (exact) mass is 388 g/mol. The van der Waals surface area contributed by atoms with E-state index in [1.807, 2.05) is 0 Å². The van der Waals surface area contributed by atoms with Gasteiger partial charge in [-0.3, -0.25) is 0 Å². The number of halogens is 2. The Bertz CT molecular complexity index is 979. The zero-order chi connectivity index (χ0) is 18.7. The van der Waals surface area contributed by atoms with Crippen LogP contribution in [0.5, 0.6) is 0 Å². The third kappa shape index (κ3) is 4.22. The van der Waals surface area contributed by atoms with Gasteiger partial charge in [0, 0.05) is 16.8 Å². The fourth-order valence-electron chi connectivity index (χ4n) is 2.32. The van der Waals surface area contributed by atoms with Crippen LogP contribution in [0.4, 0.5) is 23.1 Å². The van der Waals surface area contributed by atoms with E-state index in [0.717, 1.165) is 0 Å². The van der Waals surface area contributed by atoms with Crippen LogP contribution < -0.4 is 10.6 Å². The molecule has 3 aromatic rings. The van der Waals surface area contributed by atoms with Crippen LogP contribution in [0, 0.1) is 6.92 Å². The maximum absolute atomic E-state index is 11.3. The average Bonchev–Trinajstić information content (AvgIpc) is 2.58. The molecule has 8 heteroatoms. The Labute approximate surface area is 159 Å². The summed E-state index contributed by atoms with van der Waals surface area (Å²) in [6.07, 6.45) is 0. The second kappa shape index (κ2) is 7.59. The molecule has 2 aromatic carbocycles. The van der Waals surface area contributed by atoms with Crippen molar-refractivity contribution < 1.29 is 9.90 Å². The summed E-state index contributed by atoms with van der Waals surface area (Å²) < 4.78 is 0. The number of carboxylic acids is 1. The summed E-state index contributed by atoms with van der Waals surface area (Å²) in [4.78, 5) is 20.0. The average molecular weight is 389 g/mol. The van der Waals surface area contributed by atoms with Gasteiger partial charge < -0.3 is 15.7 Å². The van der Waals surface area contributed by atoms with Crippen LogP contribution in [-0.4, -0.2) is 21.0 Å². The van der Waals surface area contributed by atoms with Crippen LogP contribution in [0.2, 0.25) is 10.0 Å². The van der Waals surface area contributed by atoms with E-state index in [2.05, 4.69) is 20.6 Å². The number of nitrogens with zero attached hydrogens (tertiary/aromatic N) is 2. The summed E-state index contributed by atoms with van der Waals surface area (Å²) in [7, 11) is 0. The largest absolute Gasteiger partial charge is 0.478 e. The minimum Gasteiger partial charge on any atom is -0.478 e. The number of aryl methyl sites for hydroxylation is 1. The first-order chi connectivity index (χ1) is 12.4. The van der Waals surface area contributed by atoms with Crippen LogP contribution in [0.15, 0.2) is 48.5 Å². The van der Waals surface area contributed by atoms with E-state index in [1.165, 1.54) is 6.07 Å². The van der Waals surface area contributed by atoms with E-state index in [-0.39, 0.29) is 5.56 Å². The van der Waals surface area contributed by atoms with Crippen LogP contribution in [0.25, 0.3) is 0 Å². The Hall–Kier alpha value is -2.83. The highest BCUT2D eigenvalue weighted by molar-refractivity contribution is 6.35. The molecule has 1 heterocycles. The Kier molecular flexibility index (Phi) is 5.25. The summed E-state index contributed by atoms with van der Waals surface area (Å²) in [5, 5.41) is 16.3. The number of aromatic carboxylic acids is 1. The number of benzene rings is 2. The van der Waals surface area contributed by atoms with Crippen molar-refractivity contribution in [2.24, 2.45) is 0 Å². The molecule has 0 bridgehead atoms. The lowest BCUT2D eigenvalue weighted by atomic mass is 10.2. The van der Waals surface area contributed by atoms with Gasteiger partial charge in [-0.25, -0.2) is 9.78 Å². The quantitative estimate of drug-likeness (QED) is 0.551. The highest BCUT2D eigenvalue weighted by atomic mass is 35.5. The first kappa shape index (κ1) is 18.0. The molecule has 1 aromatic heterocycles. The molecule has 0 aliphatic heterocycles. The molecule has 6 nitrogen and oxygen atoms in total. The van der Waals surface area contributed by atoms with Gasteiger partial charge in [-0.1, -0.05) is 35.3 Å². The second-order valence-corrected chi connectivity index (χ2v) is 6.29. The summed E-state index contributed by atoms with van der Waals surface area (Å²) in [6, 6.07) is 13.3. The lowest BCUT2D eigenvalue weighted by molar-refractivity contribution is 0.0698. The van der Waals surface area contributed by atoms with Gasteiger partial charge in [0.25, 0.3) is 0 Å². The molecule has 132 valence electrons. The highest BCUT2D eigenvalue weighted by Crippen LogP contribution is 2.28. The minimum atomic E-state index is -1.03. The van der Waals surface area contributed by atoms with E-state index < -0.39 is 5.97 Å². The number of carboxylic acid groups (broad SMARTS) is 1. The smallest absolute Gasteiger partial charge is 0.337 e. The maximum Gasteiger partial charge on any atom is 0.337 e. The number of hydrogen-bond acceptors (Lipinski definition) is 5. The molecule has 0 saturated heterocycles. The van der Waals surface area contributed by atoms with E-state index in [0.29, 0.717) is 38.9 Å². The standard InChI is InChI=1S/C18H14Cl2N4O2/c1-10-8-16(22-14-5-3-2-4-12(14)17(25)26)24-18(21-10)23-15-9-11(19)6-7-13(15)20/h2-9H,1H3,(H,25,26)(H2,21,22,23,24). The Balaban J connectivity index is 1.91. The number of para-hydroxylation sites is 1. The van der Waals surface area contributed by atoms with Crippen LogP contribution >= 0.6 is 23.2 Å². The molecule has 0 unspecified atom stereocenters. The number of hydrogen-bond donors (Lipinski definition) is 3. The van der Waals surface area contributed by atoms with Crippen LogP contribution in [-0.2, 0) is 0 Å². The van der Waals surface area contributed by atoms with Crippen molar-refractivity contribution in [3.8, 4) is 0 Å². The SMILES string of the molecule is Cc1cc(Nc2ccccc2C(=O)O)nc(Nc2cc(Cl)ccc2Cl)n1. The minimum absolute atomic E-state index is 0.149. The third-order valence-electron chi connectivity index (χ3n) is 3.45. The summed E-state index contributed by atoms with van der Waals surface area (Å²) in [6.45, 7) is 1.81. The molecule has 0 aliphatic carbocycles. The van der Waals surface area contributed by atoms with Crippen molar-refractivity contribution >= 4 is 52.3 Å². The Morgan fingerprint density at radius 2 is 1.77 bits per heavy atom. The summed E-state index contributed by atoms with van der Waals surface area (Å²) >= 11 is 12.1. The van der Waals surface area contributed by atoms with Gasteiger partial charge in [0.1, 0.15) is 5.82 Å². The molecular formula is C18H14Cl2N4O2. The predicted molar refractivity (Wildman–Crippen MR) is 103 cm³/mol. The van der Waals surface area contributed by atoms with Crippen molar-refractivity contribution in [2.75, 3.05) is 10.6 Å². The van der Waals surface area contributed by atoms with Crippen molar-refractivity contribution in [1.29, 1.82) is 0 Å². The number of anilines is 4. The molecule has 0 fully saturated rings. The van der Waals surface area contributed by atoms with Gasteiger partial charge in [-0.05, 0) is 37.3 Å². The van der Waals surface area contributed by atoms with Crippen molar-refractivity contribution in [1.82, 2.24) is 9.97 Å². The zero-order valence-corrected chi connectivity index (χ0v) is 15.1. The zero-order valence-electron chi connectivity index (χ0n) is 13.6. The maximum atomic E-state index is 11.3. The fourth-order valence-corrected chi connectivity index (χ4v) is 2.66. The number of nitrogens with one attached hydrogen (secondary N) is 2. The normalized spacial score (nSPS) is 10.4. The topological polar surface area (TPSA) is 87.1 Å². The summed E-state index contributed by atoms with van der Waals surface area (Å²) in [5.41, 5.74) is 1.85. The number of rotatable bonds is 5. The summed E-state index contributed by atoms with van der Waals surface area (Å²) in [5.74, 6) is -0.265. The van der Waals surface area contributed by atoms with Crippen LogP contribution in [0.1, 0.15) is 16.1 Å². The second-order valence-electron chi connectivity index (χ2n) is 5.44. The van der Waals surface area contributed by atoms with E-state index in [9.17, 15) is 9.90 Å². The fraction of sp³-hybridized carbons (Fsp3) is 0.0556. The molecule has 0 radical (unpaired) electrons. The van der Waals surface area contributed by atoms with Crippen molar-refractivity contribution in [3.63, 3.8) is 0 Å². The third-order valence-corrected chi connectivity index (χ3v) is 4.01. The first-order valence-electron chi connectivity index (χ1n) is 7.59. The molecular weight excluding hydrogens is 375 g/mol. The highest BCUT2D eigenvalue weighted by Gasteiger charge is 2.11. The first-order valence-corrected chi connectivity index (χ1v) is 8.35. The molecule has 3 rings (SSSR count). The molecule has 26 heavy (non-hydrogen) atoms. The lowest BCUT2D eigenvalue weighted by Gasteiger charge is -2.12. The van der Waals surface area contributed by atoms with Crippen molar-refractivity contribution in [3.05, 3.63) is 69.8 Å². The van der Waals surface area contributed by atoms with Gasteiger partial charge in [0.2, 0.25) is 5.95 Å². The van der Waals surface area contributed by atoms with Gasteiger partial charge in [-0.15, -0.1) is 0 Å². The van der Waals surface area contributed by atoms with E-state index in [1.54, 1.807) is 49.4 Å². The van der Waals surface area contributed by atoms with Gasteiger partial charge >= 0.3 is 5.97 Å². The Morgan fingerprint density at radius 3 is 2.54 bits per heavy atom. The van der Waals surface area contributed by atoms with Crippen LogP contribution in [0.3, 0.4) is 0 Å². The molecule has 0 aliphatic rings. The lowest BCUT2D eigenvalue weighted by Crippen LogP contribution is -2.06. The van der Waals surface area contributed by atoms with Gasteiger partial charge in [-0.2, -0.15) is 4.98 Å². The Morgan fingerprint density at radius 1 is 1.00 bits per heavy atom. The van der Waals surface area contributed by atoms with Gasteiger partial charge in [0.15, 0.2) is 0 Å². The predicted octanol–water partition coefficient (Wildman–Crippen LogP) is 5.28. The molecule has 3 N–H and O–H groups in total. The van der Waals surface area contributed by atoms with Crippen molar-refractivity contribution in [2.45, 2.75) is 6.92 Å². The van der Waals surface area contributed by atoms with E-state index in [4.69, 9.17) is 23.2 Å².